The van der Waals surface area contributed by atoms with Crippen LogP contribution in [0, 0.1) is 0 Å². The van der Waals surface area contributed by atoms with Gasteiger partial charge in [0.2, 0.25) is 0 Å². The summed E-state index contributed by atoms with van der Waals surface area (Å²) >= 11 is 6.04. The summed E-state index contributed by atoms with van der Waals surface area (Å²) in [6.45, 7) is 2.23. The standard InChI is InChI=1S/C15H17ClN2O2/c1-3-20-14(19)15(7-4-8-15)13-17-11-6-5-10(16)9-12(11)18(13)2/h5-6,9H,3-4,7-8H2,1-2H3. The summed E-state index contributed by atoms with van der Waals surface area (Å²) in [5, 5.41) is 0.672. The molecule has 0 N–H and O–H groups in total. The lowest BCUT2D eigenvalue weighted by atomic mass is 9.68. The van der Waals surface area contributed by atoms with Crippen LogP contribution in [-0.4, -0.2) is 22.1 Å². The zero-order valence-electron chi connectivity index (χ0n) is 11.6. The van der Waals surface area contributed by atoms with Crippen molar-refractivity contribution in [3.8, 4) is 0 Å². The van der Waals surface area contributed by atoms with Crippen LogP contribution in [0.25, 0.3) is 11.0 Å². The van der Waals surface area contributed by atoms with Gasteiger partial charge in [0.15, 0.2) is 0 Å². The summed E-state index contributed by atoms with van der Waals surface area (Å²) in [6.07, 6.45) is 2.64. The molecule has 0 radical (unpaired) electrons. The van der Waals surface area contributed by atoms with Crippen LogP contribution in [0.5, 0.6) is 0 Å². The topological polar surface area (TPSA) is 44.1 Å². The summed E-state index contributed by atoms with van der Waals surface area (Å²) in [5.41, 5.74) is 1.24. The van der Waals surface area contributed by atoms with Gasteiger partial charge in [-0.3, -0.25) is 4.79 Å². The number of esters is 1. The Labute approximate surface area is 122 Å². The monoisotopic (exact) mass is 292 g/mol. The lowest BCUT2D eigenvalue weighted by Crippen LogP contribution is -2.45. The van der Waals surface area contributed by atoms with E-state index >= 15 is 0 Å². The van der Waals surface area contributed by atoms with E-state index in [4.69, 9.17) is 16.3 Å². The number of aryl methyl sites for hydroxylation is 1. The fraction of sp³-hybridized carbons (Fsp3) is 0.467. The predicted octanol–water partition coefficient (Wildman–Crippen LogP) is 3.21. The van der Waals surface area contributed by atoms with Crippen molar-refractivity contribution in [2.24, 2.45) is 7.05 Å². The Kier molecular flexibility index (Phi) is 3.21. The molecule has 0 amide bonds. The quantitative estimate of drug-likeness (QED) is 0.816. The van der Waals surface area contributed by atoms with Crippen molar-refractivity contribution in [1.82, 2.24) is 9.55 Å². The number of hydrogen-bond acceptors (Lipinski definition) is 3. The molecular weight excluding hydrogens is 276 g/mol. The Hall–Kier alpha value is -1.55. The van der Waals surface area contributed by atoms with Crippen LogP contribution in [0.15, 0.2) is 18.2 Å². The first-order chi connectivity index (χ1) is 9.58. The number of nitrogens with zero attached hydrogens (tertiary/aromatic N) is 2. The van der Waals surface area contributed by atoms with Crippen molar-refractivity contribution in [2.75, 3.05) is 6.61 Å². The summed E-state index contributed by atoms with van der Waals surface area (Å²) in [4.78, 5) is 17.0. The van der Waals surface area contributed by atoms with E-state index in [1.807, 2.05) is 36.7 Å². The van der Waals surface area contributed by atoms with E-state index in [1.165, 1.54) is 0 Å². The first-order valence-electron chi connectivity index (χ1n) is 6.88. The van der Waals surface area contributed by atoms with E-state index in [-0.39, 0.29) is 5.97 Å². The third-order valence-electron chi connectivity index (χ3n) is 4.14. The second kappa shape index (κ2) is 4.77. The molecule has 20 heavy (non-hydrogen) atoms. The molecule has 0 saturated heterocycles. The van der Waals surface area contributed by atoms with Crippen LogP contribution >= 0.6 is 11.6 Å². The van der Waals surface area contributed by atoms with E-state index in [9.17, 15) is 4.79 Å². The van der Waals surface area contributed by atoms with E-state index in [1.54, 1.807) is 0 Å². The Bertz CT molecular complexity index is 674. The zero-order chi connectivity index (χ0) is 14.3. The number of hydrogen-bond donors (Lipinski definition) is 0. The Morgan fingerprint density at radius 2 is 2.25 bits per heavy atom. The van der Waals surface area contributed by atoms with Crippen LogP contribution in [0.2, 0.25) is 5.02 Å². The molecule has 4 nitrogen and oxygen atoms in total. The minimum Gasteiger partial charge on any atom is -0.465 e. The van der Waals surface area contributed by atoms with Crippen LogP contribution < -0.4 is 0 Å². The van der Waals surface area contributed by atoms with Gasteiger partial charge in [-0.15, -0.1) is 0 Å². The molecular formula is C15H17ClN2O2. The molecule has 0 bridgehead atoms. The van der Waals surface area contributed by atoms with Crippen LogP contribution in [-0.2, 0) is 22.0 Å². The lowest BCUT2D eigenvalue weighted by molar-refractivity contribution is -0.154. The van der Waals surface area contributed by atoms with E-state index < -0.39 is 5.41 Å². The van der Waals surface area contributed by atoms with Gasteiger partial charge in [-0.25, -0.2) is 4.98 Å². The molecule has 1 fully saturated rings. The highest BCUT2D eigenvalue weighted by Gasteiger charge is 2.50. The minimum atomic E-state index is -0.573. The molecule has 0 atom stereocenters. The minimum absolute atomic E-state index is 0.157. The predicted molar refractivity (Wildman–Crippen MR) is 77.9 cm³/mol. The van der Waals surface area contributed by atoms with Crippen molar-refractivity contribution in [2.45, 2.75) is 31.6 Å². The molecule has 1 aliphatic carbocycles. The third-order valence-corrected chi connectivity index (χ3v) is 4.38. The normalized spacial score (nSPS) is 16.9. The van der Waals surface area contributed by atoms with Gasteiger partial charge in [0, 0.05) is 12.1 Å². The first kappa shape index (κ1) is 13.4. The highest BCUT2D eigenvalue weighted by atomic mass is 35.5. The number of fused-ring (bicyclic) bond motifs is 1. The average molecular weight is 293 g/mol. The molecule has 1 aromatic heterocycles. The SMILES string of the molecule is CCOC(=O)C1(c2nc3ccc(Cl)cc3n2C)CCC1. The number of ether oxygens (including phenoxy) is 1. The van der Waals surface area contributed by atoms with Crippen molar-refractivity contribution in [3.05, 3.63) is 29.0 Å². The highest BCUT2D eigenvalue weighted by Crippen LogP contribution is 2.45. The number of halogens is 1. The van der Waals surface area contributed by atoms with E-state index in [0.29, 0.717) is 11.6 Å². The summed E-state index contributed by atoms with van der Waals surface area (Å²) < 4.78 is 7.23. The molecule has 0 spiro atoms. The van der Waals surface area contributed by atoms with Gasteiger partial charge < -0.3 is 9.30 Å². The van der Waals surface area contributed by atoms with Crippen molar-refractivity contribution >= 4 is 28.6 Å². The molecule has 5 heteroatoms. The van der Waals surface area contributed by atoms with Crippen LogP contribution in [0.4, 0.5) is 0 Å². The molecule has 1 heterocycles. The van der Waals surface area contributed by atoms with Gasteiger partial charge in [0.1, 0.15) is 11.2 Å². The number of aromatic nitrogens is 2. The van der Waals surface area contributed by atoms with Gasteiger partial charge >= 0.3 is 5.97 Å². The molecule has 0 unspecified atom stereocenters. The number of benzene rings is 1. The Morgan fingerprint density at radius 3 is 2.85 bits per heavy atom. The fourth-order valence-electron chi connectivity index (χ4n) is 2.91. The van der Waals surface area contributed by atoms with Gasteiger partial charge in [0.05, 0.1) is 17.6 Å². The number of rotatable bonds is 3. The van der Waals surface area contributed by atoms with E-state index in [2.05, 4.69) is 4.98 Å². The number of carbonyl (C=O) groups excluding carboxylic acids is 1. The number of imidazole rings is 1. The molecule has 1 saturated carbocycles. The third kappa shape index (κ3) is 1.82. The average Bonchev–Trinajstić information content (AvgIpc) is 2.67. The molecule has 1 aliphatic rings. The van der Waals surface area contributed by atoms with Crippen LogP contribution in [0.1, 0.15) is 32.0 Å². The summed E-state index contributed by atoms with van der Waals surface area (Å²) in [6, 6.07) is 5.59. The molecule has 2 aromatic rings. The second-order valence-electron chi connectivity index (χ2n) is 5.28. The largest absolute Gasteiger partial charge is 0.465 e. The molecule has 0 aliphatic heterocycles. The van der Waals surface area contributed by atoms with Gasteiger partial charge in [-0.1, -0.05) is 18.0 Å². The Morgan fingerprint density at radius 1 is 1.50 bits per heavy atom. The molecule has 3 rings (SSSR count). The van der Waals surface area contributed by atoms with Gasteiger partial charge in [-0.2, -0.15) is 0 Å². The van der Waals surface area contributed by atoms with Crippen molar-refractivity contribution in [1.29, 1.82) is 0 Å². The maximum Gasteiger partial charge on any atom is 0.319 e. The fourth-order valence-corrected chi connectivity index (χ4v) is 3.08. The van der Waals surface area contributed by atoms with E-state index in [0.717, 1.165) is 36.1 Å². The molecule has 106 valence electrons. The smallest absolute Gasteiger partial charge is 0.319 e. The second-order valence-corrected chi connectivity index (χ2v) is 5.72. The van der Waals surface area contributed by atoms with Crippen molar-refractivity contribution < 1.29 is 9.53 Å². The van der Waals surface area contributed by atoms with Gasteiger partial charge in [-0.05, 0) is 38.0 Å². The zero-order valence-corrected chi connectivity index (χ0v) is 12.4. The summed E-state index contributed by atoms with van der Waals surface area (Å²) in [5.74, 6) is 0.634. The molecule has 1 aromatic carbocycles. The first-order valence-corrected chi connectivity index (χ1v) is 7.26. The number of carbonyl (C=O) groups is 1. The maximum absolute atomic E-state index is 12.3. The summed E-state index contributed by atoms with van der Waals surface area (Å²) in [7, 11) is 1.93. The van der Waals surface area contributed by atoms with Gasteiger partial charge in [0.25, 0.3) is 0 Å². The Balaban J connectivity index is 2.13. The highest BCUT2D eigenvalue weighted by molar-refractivity contribution is 6.31. The van der Waals surface area contributed by atoms with Crippen molar-refractivity contribution in [3.63, 3.8) is 0 Å². The lowest BCUT2D eigenvalue weighted by Gasteiger charge is -2.38. The maximum atomic E-state index is 12.3. The van der Waals surface area contributed by atoms with Crippen LogP contribution in [0.3, 0.4) is 0 Å².